The van der Waals surface area contributed by atoms with Crippen molar-refractivity contribution >= 4 is 5.91 Å². The van der Waals surface area contributed by atoms with Gasteiger partial charge in [0.05, 0.1) is 6.54 Å². The zero-order valence-electron chi connectivity index (χ0n) is 12.2. The third-order valence-corrected chi connectivity index (χ3v) is 3.40. The average Bonchev–Trinajstić information content (AvgIpc) is 2.70. The predicted octanol–water partition coefficient (Wildman–Crippen LogP) is 2.45. The van der Waals surface area contributed by atoms with E-state index in [1.807, 2.05) is 24.9 Å². The molecular formula is C14H25N3O. The van der Waals surface area contributed by atoms with Gasteiger partial charge in [-0.1, -0.05) is 27.2 Å². The highest BCUT2D eigenvalue weighted by Gasteiger charge is 2.24. The molecule has 1 atom stereocenters. The minimum atomic E-state index is 0.125. The smallest absolute Gasteiger partial charge is 0.226 e. The number of hydrogen-bond donors (Lipinski definition) is 0. The van der Waals surface area contributed by atoms with Crippen LogP contribution in [0.4, 0.5) is 0 Å². The predicted molar refractivity (Wildman–Crippen MR) is 72.9 cm³/mol. The van der Waals surface area contributed by atoms with Crippen molar-refractivity contribution in [3.63, 3.8) is 0 Å². The van der Waals surface area contributed by atoms with Gasteiger partial charge in [-0.3, -0.25) is 4.79 Å². The molecule has 0 radical (unpaired) electrons. The van der Waals surface area contributed by atoms with Crippen LogP contribution in [0.2, 0.25) is 0 Å². The van der Waals surface area contributed by atoms with Crippen LogP contribution in [0.3, 0.4) is 0 Å². The molecule has 102 valence electrons. The van der Waals surface area contributed by atoms with Gasteiger partial charge in [0.2, 0.25) is 5.91 Å². The van der Waals surface area contributed by atoms with E-state index >= 15 is 0 Å². The number of carbonyl (C=O) groups is 1. The molecule has 0 saturated heterocycles. The quantitative estimate of drug-likeness (QED) is 0.779. The van der Waals surface area contributed by atoms with Crippen LogP contribution in [0.15, 0.2) is 12.4 Å². The van der Waals surface area contributed by atoms with Crippen molar-refractivity contribution in [2.75, 3.05) is 7.05 Å². The molecule has 1 aromatic heterocycles. The summed E-state index contributed by atoms with van der Waals surface area (Å²) in [4.78, 5) is 18.5. The molecule has 4 nitrogen and oxygen atoms in total. The molecular weight excluding hydrogens is 226 g/mol. The van der Waals surface area contributed by atoms with Gasteiger partial charge in [0.15, 0.2) is 0 Å². The Hall–Kier alpha value is -1.32. The first-order valence-corrected chi connectivity index (χ1v) is 6.68. The molecule has 1 rings (SSSR count). The summed E-state index contributed by atoms with van der Waals surface area (Å²) < 4.78 is 1.95. The molecule has 0 aliphatic heterocycles. The normalized spacial score (nSPS) is 12.8. The van der Waals surface area contributed by atoms with Gasteiger partial charge >= 0.3 is 0 Å². The van der Waals surface area contributed by atoms with Crippen molar-refractivity contribution in [1.82, 2.24) is 14.5 Å². The monoisotopic (exact) mass is 251 g/mol. The van der Waals surface area contributed by atoms with E-state index in [0.29, 0.717) is 12.5 Å². The van der Waals surface area contributed by atoms with Gasteiger partial charge in [-0.05, 0) is 12.3 Å². The first-order valence-electron chi connectivity index (χ1n) is 6.68. The molecule has 0 aliphatic carbocycles. The molecule has 1 aromatic rings. The maximum atomic E-state index is 12.4. The standard InChI is InChI=1S/C14H25N3O/c1-6-7-12(11(2)3)14(18)17(5)10-13-15-8-9-16(13)4/h8-9,11-12H,6-7,10H2,1-5H3/t12-/m1/s1. The number of rotatable bonds is 6. The minimum absolute atomic E-state index is 0.125. The molecule has 0 fully saturated rings. The SMILES string of the molecule is CCC[C@@H](C(=O)N(C)Cc1nccn1C)C(C)C. The van der Waals surface area contributed by atoms with Gasteiger partial charge in [-0.25, -0.2) is 4.98 Å². The summed E-state index contributed by atoms with van der Waals surface area (Å²) in [6.45, 7) is 6.94. The molecule has 0 N–H and O–H groups in total. The summed E-state index contributed by atoms with van der Waals surface area (Å²) in [6, 6.07) is 0. The number of aryl methyl sites for hydroxylation is 1. The van der Waals surface area contributed by atoms with E-state index in [4.69, 9.17) is 0 Å². The number of aromatic nitrogens is 2. The van der Waals surface area contributed by atoms with E-state index in [1.54, 1.807) is 11.1 Å². The largest absolute Gasteiger partial charge is 0.338 e. The highest BCUT2D eigenvalue weighted by atomic mass is 16.2. The number of carbonyl (C=O) groups excluding carboxylic acids is 1. The molecule has 0 aromatic carbocycles. The second-order valence-electron chi connectivity index (χ2n) is 5.29. The van der Waals surface area contributed by atoms with E-state index in [1.165, 1.54) is 0 Å². The van der Waals surface area contributed by atoms with Crippen molar-refractivity contribution in [1.29, 1.82) is 0 Å². The summed E-state index contributed by atoms with van der Waals surface area (Å²) in [5.41, 5.74) is 0. The summed E-state index contributed by atoms with van der Waals surface area (Å²) in [6.07, 6.45) is 5.67. The van der Waals surface area contributed by atoms with Gasteiger partial charge in [0, 0.05) is 32.4 Å². The van der Waals surface area contributed by atoms with E-state index in [-0.39, 0.29) is 11.8 Å². The summed E-state index contributed by atoms with van der Waals surface area (Å²) >= 11 is 0. The lowest BCUT2D eigenvalue weighted by atomic mass is 9.90. The summed E-state index contributed by atoms with van der Waals surface area (Å²) in [7, 11) is 3.81. The molecule has 0 bridgehead atoms. The van der Waals surface area contributed by atoms with Gasteiger partial charge in [-0.15, -0.1) is 0 Å². The molecule has 18 heavy (non-hydrogen) atoms. The second-order valence-corrected chi connectivity index (χ2v) is 5.29. The van der Waals surface area contributed by atoms with Crippen LogP contribution in [-0.4, -0.2) is 27.4 Å². The number of imidazole rings is 1. The Balaban J connectivity index is 2.67. The van der Waals surface area contributed by atoms with E-state index in [0.717, 1.165) is 18.7 Å². The van der Waals surface area contributed by atoms with E-state index in [9.17, 15) is 4.79 Å². The first kappa shape index (κ1) is 14.7. The third-order valence-electron chi connectivity index (χ3n) is 3.40. The minimum Gasteiger partial charge on any atom is -0.338 e. The fourth-order valence-corrected chi connectivity index (χ4v) is 2.17. The average molecular weight is 251 g/mol. The Kier molecular flexibility index (Phi) is 5.38. The fraction of sp³-hybridized carbons (Fsp3) is 0.714. The van der Waals surface area contributed by atoms with Crippen LogP contribution in [-0.2, 0) is 18.4 Å². The molecule has 0 unspecified atom stereocenters. The Labute approximate surface area is 110 Å². The molecule has 1 amide bonds. The number of amides is 1. The molecule has 1 heterocycles. The summed E-state index contributed by atoms with van der Waals surface area (Å²) in [5.74, 6) is 1.67. The number of hydrogen-bond acceptors (Lipinski definition) is 2. The molecule has 0 saturated carbocycles. The van der Waals surface area contributed by atoms with Gasteiger partial charge < -0.3 is 9.47 Å². The first-order chi connectivity index (χ1) is 8.47. The van der Waals surface area contributed by atoms with Gasteiger partial charge in [-0.2, -0.15) is 0 Å². The van der Waals surface area contributed by atoms with Crippen LogP contribution in [0.1, 0.15) is 39.4 Å². The maximum Gasteiger partial charge on any atom is 0.226 e. The van der Waals surface area contributed by atoms with Crippen LogP contribution in [0, 0.1) is 11.8 Å². The van der Waals surface area contributed by atoms with Gasteiger partial charge in [0.1, 0.15) is 5.82 Å². The maximum absolute atomic E-state index is 12.4. The van der Waals surface area contributed by atoms with Crippen LogP contribution in [0.25, 0.3) is 0 Å². The van der Waals surface area contributed by atoms with Crippen LogP contribution < -0.4 is 0 Å². The zero-order chi connectivity index (χ0) is 13.7. The highest BCUT2D eigenvalue weighted by Crippen LogP contribution is 2.20. The van der Waals surface area contributed by atoms with Crippen molar-refractivity contribution in [2.45, 2.75) is 40.2 Å². The van der Waals surface area contributed by atoms with E-state index in [2.05, 4.69) is 25.8 Å². The van der Waals surface area contributed by atoms with Crippen molar-refractivity contribution in [3.05, 3.63) is 18.2 Å². The molecule has 0 spiro atoms. The van der Waals surface area contributed by atoms with Gasteiger partial charge in [0.25, 0.3) is 0 Å². The topological polar surface area (TPSA) is 38.1 Å². The Morgan fingerprint density at radius 1 is 1.50 bits per heavy atom. The lowest BCUT2D eigenvalue weighted by Crippen LogP contribution is -2.35. The zero-order valence-corrected chi connectivity index (χ0v) is 12.2. The third kappa shape index (κ3) is 3.59. The van der Waals surface area contributed by atoms with Crippen molar-refractivity contribution < 1.29 is 4.79 Å². The summed E-state index contributed by atoms with van der Waals surface area (Å²) in [5, 5.41) is 0. The second kappa shape index (κ2) is 6.57. The van der Waals surface area contributed by atoms with Crippen molar-refractivity contribution in [3.8, 4) is 0 Å². The van der Waals surface area contributed by atoms with Crippen molar-refractivity contribution in [2.24, 2.45) is 18.9 Å². The Bertz CT molecular complexity index is 384. The molecule has 0 aliphatic rings. The van der Waals surface area contributed by atoms with Crippen LogP contribution >= 0.6 is 0 Å². The van der Waals surface area contributed by atoms with E-state index < -0.39 is 0 Å². The van der Waals surface area contributed by atoms with Crippen LogP contribution in [0.5, 0.6) is 0 Å². The number of nitrogens with zero attached hydrogens (tertiary/aromatic N) is 3. The molecule has 4 heteroatoms. The highest BCUT2D eigenvalue weighted by molar-refractivity contribution is 5.78. The Morgan fingerprint density at radius 2 is 2.17 bits per heavy atom. The fourth-order valence-electron chi connectivity index (χ4n) is 2.17. The lowest BCUT2D eigenvalue weighted by Gasteiger charge is -2.25. The Morgan fingerprint density at radius 3 is 2.61 bits per heavy atom. The lowest BCUT2D eigenvalue weighted by molar-refractivity contribution is -0.136.